The van der Waals surface area contributed by atoms with Gasteiger partial charge in [0.2, 0.25) is 5.91 Å². The van der Waals surface area contributed by atoms with Gasteiger partial charge in [-0.05, 0) is 24.6 Å². The molecule has 0 spiro atoms. The first-order valence-electron chi connectivity index (χ1n) is 11.3. The molecule has 5 nitrogen and oxygen atoms in total. The number of carbonyl (C=O) groups is 1. The maximum Gasteiger partial charge on any atom is 0.435 e. The van der Waals surface area contributed by atoms with Crippen LogP contribution < -0.4 is 0 Å². The highest BCUT2D eigenvalue weighted by molar-refractivity contribution is 6.35. The number of carbonyl (C=O) groups excluding carboxylic acids is 1. The zero-order valence-electron chi connectivity index (χ0n) is 19.4. The molecule has 2 aromatic rings. The molecule has 2 aromatic carbocycles. The Balaban J connectivity index is 1.60. The van der Waals surface area contributed by atoms with Gasteiger partial charge in [-0.15, -0.1) is 0 Å². The van der Waals surface area contributed by atoms with Crippen LogP contribution in [0.3, 0.4) is 0 Å². The van der Waals surface area contributed by atoms with Crippen molar-refractivity contribution < 1.29 is 31.6 Å². The number of nitrogens with zero attached hydrogens (tertiary/aromatic N) is 3. The number of oxime groups is 1. The Hall–Kier alpha value is -2.90. The Kier molecular flexibility index (Phi) is 7.16. The van der Waals surface area contributed by atoms with Crippen LogP contribution in [-0.2, 0) is 20.9 Å². The van der Waals surface area contributed by atoms with Crippen molar-refractivity contribution in [3.05, 3.63) is 68.4 Å². The smallest absolute Gasteiger partial charge is 0.374 e. The van der Waals surface area contributed by atoms with Crippen LogP contribution in [0.2, 0.25) is 10.0 Å². The van der Waals surface area contributed by atoms with E-state index in [4.69, 9.17) is 28.0 Å². The van der Waals surface area contributed by atoms with E-state index in [1.165, 1.54) is 23.1 Å². The molecule has 1 atom stereocenters. The summed E-state index contributed by atoms with van der Waals surface area (Å²) in [7, 11) is 0. The Bertz CT molecular complexity index is 1300. The number of halogens is 7. The molecule has 4 rings (SSSR count). The summed E-state index contributed by atoms with van der Waals surface area (Å²) in [5, 5.41) is 12.0. The highest BCUT2D eigenvalue weighted by atomic mass is 35.5. The third-order valence-corrected chi connectivity index (χ3v) is 7.12. The molecule has 37 heavy (non-hydrogen) atoms. The van der Waals surface area contributed by atoms with E-state index in [-0.39, 0.29) is 41.4 Å². The molecule has 1 saturated heterocycles. The lowest BCUT2D eigenvalue weighted by molar-refractivity contribution is -0.275. The number of unbranched alkanes of at least 4 members (excludes halogenated alkanes) is 1. The lowest BCUT2D eigenvalue weighted by Gasteiger charge is -2.45. The molecule has 2 heterocycles. The van der Waals surface area contributed by atoms with Crippen LogP contribution in [0.25, 0.3) is 0 Å². The van der Waals surface area contributed by atoms with Crippen molar-refractivity contribution in [2.24, 2.45) is 5.16 Å². The molecule has 0 saturated carbocycles. The van der Waals surface area contributed by atoms with E-state index in [9.17, 15) is 27.6 Å². The van der Waals surface area contributed by atoms with Crippen molar-refractivity contribution in [2.75, 3.05) is 13.1 Å². The minimum Gasteiger partial charge on any atom is -0.374 e. The first kappa shape index (κ1) is 27.1. The van der Waals surface area contributed by atoms with Gasteiger partial charge in [0.15, 0.2) is 11.5 Å². The summed E-state index contributed by atoms with van der Waals surface area (Å²) in [5.74, 6) is -1.24. The van der Waals surface area contributed by atoms with Crippen LogP contribution in [0.1, 0.15) is 54.9 Å². The topological polar surface area (TPSA) is 65.7 Å². The van der Waals surface area contributed by atoms with Crippen LogP contribution in [0.15, 0.2) is 35.5 Å². The number of benzene rings is 2. The zero-order chi connectivity index (χ0) is 27.2. The quantitative estimate of drug-likeness (QED) is 0.289. The van der Waals surface area contributed by atoms with E-state index < -0.39 is 45.3 Å². The molecule has 2 aliphatic heterocycles. The van der Waals surface area contributed by atoms with Crippen molar-refractivity contribution in [1.82, 2.24) is 4.90 Å². The highest BCUT2D eigenvalue weighted by Gasteiger charge is 2.62. The molecule has 0 bridgehead atoms. The summed E-state index contributed by atoms with van der Waals surface area (Å²) in [4.78, 5) is 18.4. The number of amides is 1. The Labute approximate surface area is 219 Å². The normalized spacial score (nSPS) is 20.6. The van der Waals surface area contributed by atoms with Crippen LogP contribution in [0.5, 0.6) is 0 Å². The number of hydrogen-bond donors (Lipinski definition) is 0. The maximum atomic E-state index is 15.5. The van der Waals surface area contributed by atoms with Crippen molar-refractivity contribution in [3.63, 3.8) is 0 Å². The van der Waals surface area contributed by atoms with Crippen LogP contribution in [0, 0.1) is 17.1 Å². The molecule has 0 aromatic heterocycles. The first-order chi connectivity index (χ1) is 17.3. The van der Waals surface area contributed by atoms with E-state index in [2.05, 4.69) is 5.16 Å². The third-order valence-electron chi connectivity index (χ3n) is 6.57. The molecule has 196 valence electrons. The maximum absolute atomic E-state index is 15.5. The molecule has 0 aliphatic carbocycles. The average Bonchev–Trinajstić information content (AvgIpc) is 3.30. The van der Waals surface area contributed by atoms with Crippen molar-refractivity contribution >= 4 is 34.8 Å². The number of nitriles is 1. The second-order valence-electron chi connectivity index (χ2n) is 9.08. The van der Waals surface area contributed by atoms with Crippen LogP contribution >= 0.6 is 23.2 Å². The van der Waals surface area contributed by atoms with Crippen LogP contribution in [-0.4, -0.2) is 35.8 Å². The van der Waals surface area contributed by atoms with Crippen molar-refractivity contribution in [1.29, 1.82) is 5.26 Å². The van der Waals surface area contributed by atoms with E-state index in [1.807, 2.05) is 13.0 Å². The molecule has 1 fully saturated rings. The summed E-state index contributed by atoms with van der Waals surface area (Å²) in [6, 6.07) is 7.31. The highest BCUT2D eigenvalue weighted by Crippen LogP contribution is 2.50. The van der Waals surface area contributed by atoms with Gasteiger partial charge in [-0.3, -0.25) is 4.79 Å². The van der Waals surface area contributed by atoms with E-state index in [0.29, 0.717) is 12.8 Å². The molecule has 0 N–H and O–H groups in total. The molecule has 1 unspecified atom stereocenters. The summed E-state index contributed by atoms with van der Waals surface area (Å²) in [6.45, 7) is 1.51. The largest absolute Gasteiger partial charge is 0.435 e. The van der Waals surface area contributed by atoms with E-state index >= 15 is 4.39 Å². The predicted molar refractivity (Wildman–Crippen MR) is 126 cm³/mol. The monoisotopic (exact) mass is 559 g/mol. The number of alkyl halides is 4. The van der Waals surface area contributed by atoms with Gasteiger partial charge in [0, 0.05) is 29.5 Å². The Morgan fingerprint density at radius 3 is 2.43 bits per heavy atom. The molecule has 1 amide bonds. The molecular weight excluding hydrogens is 540 g/mol. The minimum absolute atomic E-state index is 0.0389. The van der Waals surface area contributed by atoms with E-state index in [0.717, 1.165) is 18.6 Å². The summed E-state index contributed by atoms with van der Waals surface area (Å²) in [6.07, 6.45) is -4.00. The standard InChI is InChI=1S/C25H20Cl2F5N3O2/c1-2-3-4-21(36)35-12-23(29,13-35)17-6-5-14(7-15(17)11-33)20-10-24(37-34-20,25(30,31)32)16-8-18(26)22(28)19(27)9-16/h5-9H,2-4,10,12-13H2,1H3. The fourth-order valence-corrected chi connectivity index (χ4v) is 4.93. The molecule has 0 radical (unpaired) electrons. The number of rotatable bonds is 6. The van der Waals surface area contributed by atoms with Gasteiger partial charge in [-0.1, -0.05) is 53.8 Å². The van der Waals surface area contributed by atoms with Crippen molar-refractivity contribution in [3.8, 4) is 6.07 Å². The Morgan fingerprint density at radius 2 is 1.86 bits per heavy atom. The van der Waals surface area contributed by atoms with E-state index in [1.54, 1.807) is 0 Å². The lowest BCUT2D eigenvalue weighted by Crippen LogP contribution is -2.59. The second kappa shape index (κ2) is 9.76. The van der Waals surface area contributed by atoms with Gasteiger partial charge < -0.3 is 9.74 Å². The first-order valence-corrected chi connectivity index (χ1v) is 12.1. The summed E-state index contributed by atoms with van der Waals surface area (Å²) < 4.78 is 72.1. The molecule has 12 heteroatoms. The van der Waals surface area contributed by atoms with Gasteiger partial charge in [0.1, 0.15) is 0 Å². The zero-order valence-corrected chi connectivity index (χ0v) is 20.9. The average molecular weight is 560 g/mol. The van der Waals surface area contributed by atoms with Gasteiger partial charge in [-0.25, -0.2) is 8.78 Å². The van der Waals surface area contributed by atoms with Gasteiger partial charge in [0.05, 0.1) is 40.5 Å². The number of likely N-dealkylation sites (tertiary alicyclic amines) is 1. The predicted octanol–water partition coefficient (Wildman–Crippen LogP) is 6.78. The summed E-state index contributed by atoms with van der Waals surface area (Å²) >= 11 is 11.4. The second-order valence-corrected chi connectivity index (χ2v) is 9.89. The fraction of sp³-hybridized carbons (Fsp3) is 0.400. The molecular formula is C25H20Cl2F5N3O2. The van der Waals surface area contributed by atoms with Crippen molar-refractivity contribution in [2.45, 2.75) is 50.1 Å². The minimum atomic E-state index is -5.00. The SMILES string of the molecule is CCCCC(=O)N1CC(F)(c2ccc(C3=NOC(c4cc(Cl)c(F)c(Cl)c4)(C(F)(F)F)C3)cc2C#N)C1. The van der Waals surface area contributed by atoms with Gasteiger partial charge in [0.25, 0.3) is 5.60 Å². The molecule has 2 aliphatic rings. The number of hydrogen-bond acceptors (Lipinski definition) is 4. The van der Waals surface area contributed by atoms with Crippen LogP contribution in [0.4, 0.5) is 22.0 Å². The van der Waals surface area contributed by atoms with Gasteiger partial charge >= 0.3 is 6.18 Å². The Morgan fingerprint density at radius 1 is 1.22 bits per heavy atom. The third kappa shape index (κ3) is 4.75. The van der Waals surface area contributed by atoms with Gasteiger partial charge in [-0.2, -0.15) is 18.4 Å². The fourth-order valence-electron chi connectivity index (χ4n) is 4.45. The lowest BCUT2D eigenvalue weighted by atomic mass is 9.82. The summed E-state index contributed by atoms with van der Waals surface area (Å²) in [5.41, 5.74) is -5.59.